The summed E-state index contributed by atoms with van der Waals surface area (Å²) in [7, 11) is 0. The second kappa shape index (κ2) is 12.7. The van der Waals surface area contributed by atoms with Gasteiger partial charge in [-0.05, 0) is 116 Å². The molecule has 2 nitrogen and oxygen atoms in total. The number of rotatable bonds is 6. The number of para-hydroxylation sites is 3. The molecule has 1 heterocycles. The zero-order valence-electron chi connectivity index (χ0n) is 30.7. The van der Waals surface area contributed by atoms with Crippen LogP contribution < -0.4 is 4.90 Å². The molecule has 0 aliphatic heterocycles. The Morgan fingerprint density at radius 2 is 1.07 bits per heavy atom. The molecule has 0 atom stereocenters. The van der Waals surface area contributed by atoms with Gasteiger partial charge >= 0.3 is 0 Å². The Kier molecular flexibility index (Phi) is 7.30. The molecule has 0 saturated heterocycles. The van der Waals surface area contributed by atoms with Crippen LogP contribution in [0.4, 0.5) is 21.5 Å². The van der Waals surface area contributed by atoms with Gasteiger partial charge < -0.3 is 9.47 Å². The molecule has 0 amide bonds. The summed E-state index contributed by atoms with van der Waals surface area (Å²) in [6, 6.07) is 68.0. The third kappa shape index (κ3) is 4.94. The lowest BCUT2D eigenvalue weighted by atomic mass is 9.89. The van der Waals surface area contributed by atoms with E-state index < -0.39 is 0 Å². The van der Waals surface area contributed by atoms with E-state index in [2.05, 4.69) is 163 Å². The van der Waals surface area contributed by atoms with Crippen molar-refractivity contribution in [3.05, 3.63) is 206 Å². The lowest BCUT2D eigenvalue weighted by Gasteiger charge is -2.27. The van der Waals surface area contributed by atoms with Crippen LogP contribution >= 0.6 is 0 Å². The average Bonchev–Trinajstić information content (AvgIpc) is 3.59. The first-order chi connectivity index (χ1) is 27.6. The van der Waals surface area contributed by atoms with Crippen LogP contribution in [0.3, 0.4) is 0 Å². The maximum absolute atomic E-state index is 15.4. The van der Waals surface area contributed by atoms with Crippen molar-refractivity contribution in [1.82, 2.24) is 4.57 Å². The Hall–Kier alpha value is -7.23. The molecule has 10 aromatic carbocycles. The smallest absolute Gasteiger partial charge is 0.147 e. The molecule has 11 rings (SSSR count). The zero-order chi connectivity index (χ0) is 37.3. The summed E-state index contributed by atoms with van der Waals surface area (Å²) in [5, 5.41) is 9.96. The fraction of sp³-hybridized carbons (Fsp3) is 0.0189. The molecule has 0 bridgehead atoms. The molecule has 264 valence electrons. The van der Waals surface area contributed by atoms with E-state index in [0.29, 0.717) is 5.69 Å². The topological polar surface area (TPSA) is 8.17 Å². The van der Waals surface area contributed by atoms with E-state index in [9.17, 15) is 0 Å². The van der Waals surface area contributed by atoms with Gasteiger partial charge in [-0.3, -0.25) is 0 Å². The summed E-state index contributed by atoms with van der Waals surface area (Å²) in [5.41, 5.74) is 11.7. The van der Waals surface area contributed by atoms with E-state index in [1.807, 2.05) is 35.2 Å². The fourth-order valence-corrected chi connectivity index (χ4v) is 8.92. The zero-order valence-corrected chi connectivity index (χ0v) is 30.7. The van der Waals surface area contributed by atoms with Gasteiger partial charge in [0.2, 0.25) is 0 Å². The molecule has 0 N–H and O–H groups in total. The van der Waals surface area contributed by atoms with Crippen LogP contribution in [0, 0.1) is 12.7 Å². The summed E-state index contributed by atoms with van der Waals surface area (Å²) in [5.74, 6) is -0.260. The van der Waals surface area contributed by atoms with Gasteiger partial charge in [0.25, 0.3) is 0 Å². The SMILES string of the molecule is Cc1ccccc1N(c1ccc(-c2ccc3ccc4c5c(ccc2c35)cc2c3ccccc3n(-c3ccc(-c5ccccc5)cc3)c24)cc1)c1ccccc1F. The minimum Gasteiger partial charge on any atom is -0.309 e. The van der Waals surface area contributed by atoms with Crippen LogP contribution in [0.25, 0.3) is 82.1 Å². The Labute approximate surface area is 324 Å². The Morgan fingerprint density at radius 1 is 0.446 bits per heavy atom. The van der Waals surface area contributed by atoms with Crippen LogP contribution in [-0.2, 0) is 0 Å². The lowest BCUT2D eigenvalue weighted by Crippen LogP contribution is -2.12. The van der Waals surface area contributed by atoms with Crippen LogP contribution in [0.1, 0.15) is 5.56 Å². The molecular weight excluding hydrogens is 684 g/mol. The van der Waals surface area contributed by atoms with Gasteiger partial charge in [0.15, 0.2) is 0 Å². The van der Waals surface area contributed by atoms with E-state index in [1.165, 1.54) is 76.9 Å². The largest absolute Gasteiger partial charge is 0.309 e. The molecule has 11 aromatic rings. The van der Waals surface area contributed by atoms with E-state index in [4.69, 9.17) is 0 Å². The number of aryl methyl sites for hydroxylation is 1. The summed E-state index contributed by atoms with van der Waals surface area (Å²) in [4.78, 5) is 2.01. The molecule has 0 aliphatic rings. The van der Waals surface area contributed by atoms with Crippen LogP contribution in [0.5, 0.6) is 0 Å². The number of benzene rings is 10. The Morgan fingerprint density at radius 3 is 1.88 bits per heavy atom. The number of anilines is 3. The minimum atomic E-state index is -0.260. The Balaban J connectivity index is 1.09. The van der Waals surface area contributed by atoms with Crippen molar-refractivity contribution >= 4 is 71.2 Å². The maximum atomic E-state index is 15.4. The van der Waals surface area contributed by atoms with Crippen molar-refractivity contribution in [2.45, 2.75) is 6.92 Å². The Bertz CT molecular complexity index is 3210. The van der Waals surface area contributed by atoms with Crippen molar-refractivity contribution < 1.29 is 4.39 Å². The summed E-state index contributed by atoms with van der Waals surface area (Å²) in [6.07, 6.45) is 0. The van der Waals surface area contributed by atoms with Gasteiger partial charge in [-0.25, -0.2) is 4.39 Å². The van der Waals surface area contributed by atoms with Crippen molar-refractivity contribution in [3.63, 3.8) is 0 Å². The number of fused-ring (bicyclic) bond motifs is 4. The molecule has 0 saturated carbocycles. The first kappa shape index (κ1) is 32.2. The van der Waals surface area contributed by atoms with Gasteiger partial charge in [0.05, 0.1) is 16.7 Å². The predicted molar refractivity (Wildman–Crippen MR) is 235 cm³/mol. The molecule has 1 aromatic heterocycles. The second-order valence-electron chi connectivity index (χ2n) is 14.7. The number of nitrogens with zero attached hydrogens (tertiary/aromatic N) is 2. The number of halogens is 1. The van der Waals surface area contributed by atoms with Crippen molar-refractivity contribution in [2.75, 3.05) is 4.90 Å². The highest BCUT2D eigenvalue weighted by molar-refractivity contribution is 6.32. The number of aromatic nitrogens is 1. The van der Waals surface area contributed by atoms with Gasteiger partial charge in [-0.2, -0.15) is 0 Å². The normalized spacial score (nSPS) is 11.8. The third-order valence-electron chi connectivity index (χ3n) is 11.5. The molecular formula is C53H35FN2. The van der Waals surface area contributed by atoms with Gasteiger partial charge in [-0.1, -0.05) is 140 Å². The van der Waals surface area contributed by atoms with Gasteiger partial charge in [0, 0.05) is 33.2 Å². The maximum Gasteiger partial charge on any atom is 0.147 e. The van der Waals surface area contributed by atoms with Crippen LogP contribution in [0.15, 0.2) is 194 Å². The quantitative estimate of drug-likeness (QED) is 0.155. The highest BCUT2D eigenvalue weighted by Crippen LogP contribution is 2.46. The number of hydrogen-bond donors (Lipinski definition) is 0. The molecule has 0 radical (unpaired) electrons. The third-order valence-corrected chi connectivity index (χ3v) is 11.5. The van der Waals surface area contributed by atoms with Crippen LogP contribution in [-0.4, -0.2) is 4.57 Å². The summed E-state index contributed by atoms with van der Waals surface area (Å²) < 4.78 is 17.8. The fourth-order valence-electron chi connectivity index (χ4n) is 8.92. The van der Waals surface area contributed by atoms with Crippen LogP contribution in [0.2, 0.25) is 0 Å². The second-order valence-corrected chi connectivity index (χ2v) is 14.7. The molecule has 0 aliphatic carbocycles. The molecule has 3 heteroatoms. The summed E-state index contributed by atoms with van der Waals surface area (Å²) >= 11 is 0. The molecule has 0 unspecified atom stereocenters. The molecule has 0 fully saturated rings. The molecule has 56 heavy (non-hydrogen) atoms. The minimum absolute atomic E-state index is 0.260. The van der Waals surface area contributed by atoms with E-state index >= 15 is 4.39 Å². The van der Waals surface area contributed by atoms with Gasteiger partial charge in [-0.15, -0.1) is 0 Å². The highest BCUT2D eigenvalue weighted by atomic mass is 19.1. The summed E-state index contributed by atoms with van der Waals surface area (Å²) in [6.45, 7) is 2.07. The van der Waals surface area contributed by atoms with E-state index in [1.54, 1.807) is 6.07 Å². The van der Waals surface area contributed by atoms with Crippen molar-refractivity contribution in [1.29, 1.82) is 0 Å². The lowest BCUT2D eigenvalue weighted by molar-refractivity contribution is 0.629. The number of hydrogen-bond acceptors (Lipinski definition) is 1. The van der Waals surface area contributed by atoms with E-state index in [-0.39, 0.29) is 5.82 Å². The highest BCUT2D eigenvalue weighted by Gasteiger charge is 2.21. The standard InChI is InChI=1S/C53H35FN2/c1-34-11-5-8-16-48(34)55(50-18-10-7-15-47(50)54)40-28-21-37(22-29-40)42-30-23-38-24-32-45-52-39(25-31-44(42)51(38)52)33-46-43-14-6-9-17-49(43)56(53(45)46)41-26-19-36(20-27-41)35-12-3-2-4-13-35/h2-33H,1H3. The van der Waals surface area contributed by atoms with Gasteiger partial charge in [0.1, 0.15) is 5.82 Å². The molecule has 0 spiro atoms. The van der Waals surface area contributed by atoms with E-state index in [0.717, 1.165) is 28.2 Å². The van der Waals surface area contributed by atoms with Crippen molar-refractivity contribution in [2.24, 2.45) is 0 Å². The monoisotopic (exact) mass is 718 g/mol. The first-order valence-corrected chi connectivity index (χ1v) is 19.1. The average molecular weight is 719 g/mol. The predicted octanol–water partition coefficient (Wildman–Crippen LogP) is 14.9. The van der Waals surface area contributed by atoms with Crippen molar-refractivity contribution in [3.8, 4) is 27.9 Å². The first-order valence-electron chi connectivity index (χ1n) is 19.1.